The normalized spacial score (nSPS) is 19.6. The van der Waals surface area contributed by atoms with E-state index >= 15 is 0 Å². The summed E-state index contributed by atoms with van der Waals surface area (Å²) in [5.74, 6) is -0.118. The Kier molecular flexibility index (Phi) is 19.8. The zero-order valence-corrected chi connectivity index (χ0v) is 29.1. The smallest absolute Gasteiger partial charge is 0.355 e. The van der Waals surface area contributed by atoms with Crippen LogP contribution in [0, 0.1) is 6.92 Å². The van der Waals surface area contributed by atoms with Crippen molar-refractivity contribution in [2.45, 2.75) is 90.0 Å². The van der Waals surface area contributed by atoms with Gasteiger partial charge in [0.25, 0.3) is 5.56 Å². The molecule has 0 aliphatic carbocycles. The number of carbonyl (C=O) groups is 1. The van der Waals surface area contributed by atoms with Crippen LogP contribution in [-0.4, -0.2) is 54.4 Å². The van der Waals surface area contributed by atoms with Gasteiger partial charge >= 0.3 is 13.4 Å². The largest absolute Gasteiger partial charge is 0.405 e. The summed E-state index contributed by atoms with van der Waals surface area (Å²) in [7, 11) is -2.57. The van der Waals surface area contributed by atoms with Crippen molar-refractivity contribution in [2.24, 2.45) is 5.11 Å². The van der Waals surface area contributed by atoms with Crippen molar-refractivity contribution in [2.75, 3.05) is 26.8 Å². The molecule has 0 saturated carbocycles. The Morgan fingerprint density at radius 2 is 1.71 bits per heavy atom. The number of aromatic nitrogens is 2. The second-order valence-electron chi connectivity index (χ2n) is 10.9. The Balaban J connectivity index is 1.62. The van der Waals surface area contributed by atoms with E-state index in [2.05, 4.69) is 93.1 Å². The summed E-state index contributed by atoms with van der Waals surface area (Å²) in [5.41, 5.74) is 8.11. The maximum absolute atomic E-state index is 13.0. The molecule has 1 saturated heterocycles. The van der Waals surface area contributed by atoms with Gasteiger partial charge < -0.3 is 14.6 Å². The van der Waals surface area contributed by atoms with Crippen molar-refractivity contribution in [3.63, 3.8) is 0 Å². The molecule has 264 valence electrons. The number of allylic oxidation sites excluding steroid dienone is 10. The molecule has 14 nitrogen and oxygen atoms in total. The van der Waals surface area contributed by atoms with Crippen LogP contribution in [0.15, 0.2) is 81.7 Å². The van der Waals surface area contributed by atoms with Crippen LogP contribution >= 0.6 is 7.75 Å². The molecular weight excluding hydrogens is 637 g/mol. The number of rotatable bonds is 23. The molecule has 1 aromatic heterocycles. The molecule has 15 heteroatoms. The molecule has 1 fully saturated rings. The molecule has 1 aromatic rings. The molecule has 0 spiro atoms. The van der Waals surface area contributed by atoms with Gasteiger partial charge in [-0.1, -0.05) is 72.8 Å². The lowest BCUT2D eigenvalue weighted by Crippen LogP contribution is -2.33. The highest BCUT2D eigenvalue weighted by molar-refractivity contribution is 7.51. The van der Waals surface area contributed by atoms with Crippen molar-refractivity contribution in [3.8, 4) is 0 Å². The van der Waals surface area contributed by atoms with E-state index in [9.17, 15) is 18.9 Å². The zero-order valence-electron chi connectivity index (χ0n) is 28.2. The second kappa shape index (κ2) is 23.5. The first kappa shape index (κ1) is 40.4. The average Bonchev–Trinajstić information content (AvgIpc) is 3.47. The molecule has 1 aliphatic rings. The fourth-order valence-corrected chi connectivity index (χ4v) is 5.65. The van der Waals surface area contributed by atoms with E-state index in [0.29, 0.717) is 18.4 Å². The van der Waals surface area contributed by atoms with E-state index in [4.69, 9.17) is 19.3 Å². The van der Waals surface area contributed by atoms with Gasteiger partial charge in [0.2, 0.25) is 5.91 Å². The quantitative estimate of drug-likeness (QED) is 0.0302. The molecule has 3 N–H and O–H groups in total. The molecule has 1 amide bonds. The third-order valence-electron chi connectivity index (χ3n) is 7.19. The first-order valence-corrected chi connectivity index (χ1v) is 17.9. The molecule has 1 aliphatic heterocycles. The summed E-state index contributed by atoms with van der Waals surface area (Å²) in [6.45, 7) is 3.73. The van der Waals surface area contributed by atoms with Gasteiger partial charge in [-0.2, -0.15) is 0 Å². The van der Waals surface area contributed by atoms with Crippen LogP contribution in [0.5, 0.6) is 0 Å². The third-order valence-corrected chi connectivity index (χ3v) is 8.77. The van der Waals surface area contributed by atoms with Gasteiger partial charge in [-0.05, 0) is 57.4 Å². The second-order valence-corrected chi connectivity index (χ2v) is 12.9. The molecule has 2 rings (SSSR count). The Bertz CT molecular complexity index is 1490. The number of nitrogens with zero attached hydrogens (tertiary/aromatic N) is 4. The third kappa shape index (κ3) is 15.9. The fraction of sp³-hybridized carbons (Fsp3) is 0.545. The van der Waals surface area contributed by atoms with Crippen molar-refractivity contribution in [3.05, 3.63) is 104 Å². The van der Waals surface area contributed by atoms with E-state index in [-0.39, 0.29) is 32.0 Å². The maximum Gasteiger partial charge on any atom is 0.405 e. The Morgan fingerprint density at radius 1 is 1.08 bits per heavy atom. The van der Waals surface area contributed by atoms with Crippen LogP contribution in [0.25, 0.3) is 10.4 Å². The van der Waals surface area contributed by atoms with Gasteiger partial charge in [0, 0.05) is 49.7 Å². The average molecular weight is 688 g/mol. The van der Waals surface area contributed by atoms with E-state index in [0.717, 1.165) is 38.5 Å². The van der Waals surface area contributed by atoms with Gasteiger partial charge in [0.05, 0.1) is 18.8 Å². The number of azide groups is 1. The van der Waals surface area contributed by atoms with E-state index in [1.54, 1.807) is 6.92 Å². The summed E-state index contributed by atoms with van der Waals surface area (Å²) < 4.78 is 30.7. The molecule has 48 heavy (non-hydrogen) atoms. The number of aryl methyl sites for hydroxylation is 1. The number of aromatic amines is 1. The van der Waals surface area contributed by atoms with E-state index in [1.807, 2.05) is 0 Å². The maximum atomic E-state index is 13.0. The molecule has 0 radical (unpaired) electrons. The Morgan fingerprint density at radius 3 is 2.31 bits per heavy atom. The summed E-state index contributed by atoms with van der Waals surface area (Å²) in [5, 5.41) is 9.17. The fourth-order valence-electron chi connectivity index (χ4n) is 4.59. The number of amides is 1. The first-order valence-electron chi connectivity index (χ1n) is 16.3. The predicted octanol–water partition coefficient (Wildman–Crippen LogP) is 6.21. The lowest BCUT2D eigenvalue weighted by molar-refractivity contribution is -0.121. The predicted molar refractivity (Wildman–Crippen MR) is 187 cm³/mol. The Hall–Kier alpha value is -3.77. The van der Waals surface area contributed by atoms with Crippen LogP contribution in [0.2, 0.25) is 0 Å². The van der Waals surface area contributed by atoms with Crippen molar-refractivity contribution in [1.82, 2.24) is 20.0 Å². The number of ether oxygens (including phenoxy) is 1. The van der Waals surface area contributed by atoms with Gasteiger partial charge in [-0.25, -0.2) is 14.4 Å². The minimum absolute atomic E-state index is 0.117. The van der Waals surface area contributed by atoms with Crippen LogP contribution in [-0.2, 0) is 23.1 Å². The molecule has 1 unspecified atom stereocenters. The Labute approximate surface area is 282 Å². The van der Waals surface area contributed by atoms with Crippen LogP contribution < -0.4 is 21.7 Å². The highest BCUT2D eigenvalue weighted by atomic mass is 31.2. The van der Waals surface area contributed by atoms with E-state index in [1.165, 1.54) is 17.9 Å². The number of unbranched alkanes of at least 4 members (excludes halogenated alkanes) is 1. The number of hydrogen-bond donors (Lipinski definition) is 3. The van der Waals surface area contributed by atoms with Gasteiger partial charge in [-0.3, -0.25) is 23.7 Å². The van der Waals surface area contributed by atoms with Gasteiger partial charge in [-0.15, -0.1) is 0 Å². The topological polar surface area (TPSA) is 190 Å². The lowest BCUT2D eigenvalue weighted by Gasteiger charge is -2.21. The van der Waals surface area contributed by atoms with Crippen LogP contribution in [0.4, 0.5) is 0 Å². The molecule has 4 atom stereocenters. The van der Waals surface area contributed by atoms with Crippen LogP contribution in [0.1, 0.15) is 76.5 Å². The van der Waals surface area contributed by atoms with Crippen molar-refractivity contribution in [1.29, 1.82) is 0 Å². The standard InChI is InChI=1S/C33H50N7O7P/c1-4-5-6-7-8-9-10-11-12-13-14-15-16-17-18-19-20-21-30(41)35-22-23-36-48(44,45-3)46-26-29-28(38-39-34)24-31(47-29)40-25-27(2)32(42)37-33(40)43/h5-6,8-9,11-12,14-15,17-18,25,28-29,31H,4,7,10,13,16,19-24,26H2,1-3H3,(H,35,41)(H,36,44)(H,37,42,43)/b6-5-,9-8-,12-11-,15-14-,18-17-/t28-,29+,31-,48?/m0/s1. The van der Waals surface area contributed by atoms with Gasteiger partial charge in [0.15, 0.2) is 0 Å². The lowest BCUT2D eigenvalue weighted by atomic mass is 10.1. The number of H-pyrrole nitrogens is 1. The van der Waals surface area contributed by atoms with Crippen molar-refractivity contribution < 1.29 is 23.1 Å². The molecule has 0 bridgehead atoms. The minimum atomic E-state index is -3.78. The van der Waals surface area contributed by atoms with Gasteiger partial charge in [0.1, 0.15) is 6.23 Å². The highest BCUT2D eigenvalue weighted by Crippen LogP contribution is 2.43. The minimum Gasteiger partial charge on any atom is -0.355 e. The van der Waals surface area contributed by atoms with E-state index < -0.39 is 37.4 Å². The zero-order chi connectivity index (χ0) is 35.0. The summed E-state index contributed by atoms with van der Waals surface area (Å²) >= 11 is 0. The SMILES string of the molecule is CC/C=C\C/C=C\C/C=C\C/C=C\C/C=C\CCCC(=O)NCCNP(=O)(OC)OC[C@H]1O[C@H](n2cc(C)c(=O)[nH]c2=O)C[C@@H]1N=[N+]=[N-]. The number of carbonyl (C=O) groups excluding carboxylic acids is 1. The first-order chi connectivity index (χ1) is 23.2. The number of nitrogens with one attached hydrogen (secondary N) is 3. The summed E-state index contributed by atoms with van der Waals surface area (Å²) in [6, 6.07) is -0.724. The highest BCUT2D eigenvalue weighted by Gasteiger charge is 2.38. The summed E-state index contributed by atoms with van der Waals surface area (Å²) in [4.78, 5) is 41.2. The van der Waals surface area contributed by atoms with Crippen molar-refractivity contribution >= 4 is 13.7 Å². The summed E-state index contributed by atoms with van der Waals surface area (Å²) in [6.07, 6.45) is 28.0. The molecule has 0 aromatic carbocycles. The molecular formula is C33H50N7O7P. The monoisotopic (exact) mass is 687 g/mol. The van der Waals surface area contributed by atoms with Crippen LogP contribution in [0.3, 0.4) is 0 Å². The molecule has 2 heterocycles. The number of hydrogen-bond acceptors (Lipinski definition) is 8.